The Hall–Kier alpha value is -3.23. The Morgan fingerprint density at radius 1 is 1.46 bits per heavy atom. The van der Waals surface area contributed by atoms with Gasteiger partial charge >= 0.3 is 5.97 Å². The van der Waals surface area contributed by atoms with Gasteiger partial charge in [0.2, 0.25) is 5.88 Å². The van der Waals surface area contributed by atoms with E-state index >= 15 is 0 Å². The van der Waals surface area contributed by atoms with E-state index in [4.69, 9.17) is 4.74 Å². The van der Waals surface area contributed by atoms with Crippen LogP contribution in [0.5, 0.6) is 5.88 Å². The van der Waals surface area contributed by atoms with E-state index in [0.717, 1.165) is 19.0 Å². The first-order chi connectivity index (χ1) is 13.5. The van der Waals surface area contributed by atoms with E-state index in [9.17, 15) is 14.3 Å². The van der Waals surface area contributed by atoms with Crippen LogP contribution in [0, 0.1) is 5.82 Å². The van der Waals surface area contributed by atoms with Gasteiger partial charge in [0.25, 0.3) is 0 Å². The molecule has 0 amide bonds. The van der Waals surface area contributed by atoms with Gasteiger partial charge in [-0.3, -0.25) is 0 Å². The molecule has 0 radical (unpaired) electrons. The van der Waals surface area contributed by atoms with E-state index in [2.05, 4.69) is 15.1 Å². The second-order valence-corrected chi connectivity index (χ2v) is 6.64. The van der Waals surface area contributed by atoms with Gasteiger partial charge in [0.15, 0.2) is 5.65 Å². The minimum atomic E-state index is -1.05. The number of carboxylic acids is 1. The predicted molar refractivity (Wildman–Crippen MR) is 99.4 cm³/mol. The molecule has 0 aromatic carbocycles. The maximum Gasteiger partial charge on any atom is 0.341 e. The molecule has 8 nitrogen and oxygen atoms in total. The van der Waals surface area contributed by atoms with E-state index < -0.39 is 11.8 Å². The summed E-state index contributed by atoms with van der Waals surface area (Å²) in [5, 5.41) is 13.9. The van der Waals surface area contributed by atoms with Gasteiger partial charge in [-0.15, -0.1) is 0 Å². The molecule has 0 aliphatic carbocycles. The number of anilines is 1. The van der Waals surface area contributed by atoms with Crippen LogP contribution in [0.2, 0.25) is 0 Å². The van der Waals surface area contributed by atoms with E-state index in [-0.39, 0.29) is 11.6 Å². The number of carboxylic acid groups (broad SMARTS) is 1. The number of aromatic nitrogens is 4. The summed E-state index contributed by atoms with van der Waals surface area (Å²) in [7, 11) is 1.50. The van der Waals surface area contributed by atoms with Gasteiger partial charge in [0.05, 0.1) is 25.0 Å². The molecule has 1 aliphatic heterocycles. The quantitative estimate of drug-likeness (QED) is 0.722. The lowest BCUT2D eigenvalue weighted by Gasteiger charge is -2.26. The molecule has 1 atom stereocenters. The van der Waals surface area contributed by atoms with Gasteiger partial charge in [0.1, 0.15) is 17.2 Å². The average Bonchev–Trinajstić information content (AvgIpc) is 3.31. The number of fused-ring (bicyclic) bond motifs is 1. The summed E-state index contributed by atoms with van der Waals surface area (Å²) in [4.78, 5) is 22.4. The van der Waals surface area contributed by atoms with Crippen molar-refractivity contribution in [3.05, 3.63) is 47.2 Å². The van der Waals surface area contributed by atoms with E-state index in [1.807, 2.05) is 11.8 Å². The Morgan fingerprint density at radius 3 is 3.00 bits per heavy atom. The first-order valence-electron chi connectivity index (χ1n) is 9.11. The molecule has 28 heavy (non-hydrogen) atoms. The third-order valence-corrected chi connectivity index (χ3v) is 5.04. The molecule has 0 saturated carbocycles. The maximum absolute atomic E-state index is 13.8. The zero-order chi connectivity index (χ0) is 19.8. The van der Waals surface area contributed by atoms with Crippen LogP contribution in [0.25, 0.3) is 5.65 Å². The molecular weight excluding hydrogens is 365 g/mol. The highest BCUT2D eigenvalue weighted by Crippen LogP contribution is 2.39. The first kappa shape index (κ1) is 18.1. The fourth-order valence-corrected chi connectivity index (χ4v) is 3.81. The molecule has 1 N–H and O–H groups in total. The summed E-state index contributed by atoms with van der Waals surface area (Å²) in [6.07, 6.45) is 5.02. The van der Waals surface area contributed by atoms with Crippen molar-refractivity contribution < 1.29 is 19.0 Å². The Labute approximate surface area is 160 Å². The van der Waals surface area contributed by atoms with Crippen LogP contribution in [0.3, 0.4) is 0 Å². The smallest absolute Gasteiger partial charge is 0.341 e. The molecule has 1 saturated heterocycles. The number of carbonyl (C=O) groups is 1. The summed E-state index contributed by atoms with van der Waals surface area (Å²) >= 11 is 0. The van der Waals surface area contributed by atoms with E-state index in [1.165, 1.54) is 17.7 Å². The fourth-order valence-electron chi connectivity index (χ4n) is 3.81. The molecular formula is C19H20FN5O3. The molecule has 3 aromatic rings. The zero-order valence-electron chi connectivity index (χ0n) is 15.6. The highest BCUT2D eigenvalue weighted by molar-refractivity contribution is 5.96. The molecule has 1 fully saturated rings. The van der Waals surface area contributed by atoms with Crippen molar-refractivity contribution >= 4 is 17.4 Å². The Kier molecular flexibility index (Phi) is 4.58. The van der Waals surface area contributed by atoms with Gasteiger partial charge in [-0.05, 0) is 31.4 Å². The monoisotopic (exact) mass is 385 g/mol. The number of rotatable bonds is 5. The highest BCUT2D eigenvalue weighted by Gasteiger charge is 2.31. The molecule has 1 unspecified atom stereocenters. The summed E-state index contributed by atoms with van der Waals surface area (Å²) in [6.45, 7) is 2.57. The maximum atomic E-state index is 13.8. The van der Waals surface area contributed by atoms with Crippen molar-refractivity contribution in [2.24, 2.45) is 0 Å². The number of nitrogens with zero attached hydrogens (tertiary/aromatic N) is 5. The second kappa shape index (κ2) is 7.06. The SMILES string of the molecule is CCc1nn2ccc(N3CCCC3c3cc(F)cnc3OC)nc2c1C(=O)O. The Balaban J connectivity index is 1.80. The summed E-state index contributed by atoms with van der Waals surface area (Å²) in [5.74, 6) is -0.484. The molecule has 0 bridgehead atoms. The zero-order valence-corrected chi connectivity index (χ0v) is 15.6. The molecule has 1 aliphatic rings. The predicted octanol–water partition coefficient (Wildman–Crippen LogP) is 2.87. The first-order valence-corrected chi connectivity index (χ1v) is 9.11. The molecule has 9 heteroatoms. The van der Waals surface area contributed by atoms with E-state index in [1.54, 1.807) is 12.3 Å². The van der Waals surface area contributed by atoms with Gasteiger partial charge in [-0.2, -0.15) is 5.10 Å². The van der Waals surface area contributed by atoms with Gasteiger partial charge in [-0.1, -0.05) is 6.92 Å². The number of halogens is 1. The molecule has 3 aromatic heterocycles. The number of ether oxygens (including phenoxy) is 1. The lowest BCUT2D eigenvalue weighted by atomic mass is 10.1. The summed E-state index contributed by atoms with van der Waals surface area (Å²) < 4.78 is 20.6. The van der Waals surface area contributed by atoms with Crippen LogP contribution in [0.15, 0.2) is 24.5 Å². The third kappa shape index (κ3) is 2.92. The molecule has 4 heterocycles. The molecule has 4 rings (SSSR count). The number of pyridine rings is 1. The number of aryl methyl sites for hydroxylation is 1. The van der Waals surface area contributed by atoms with Crippen molar-refractivity contribution in [2.75, 3.05) is 18.6 Å². The normalized spacial score (nSPS) is 16.7. The minimum absolute atomic E-state index is 0.116. The topological polar surface area (TPSA) is 92.9 Å². The van der Waals surface area contributed by atoms with Crippen LogP contribution in [0.1, 0.15) is 47.4 Å². The van der Waals surface area contributed by atoms with Crippen molar-refractivity contribution in [2.45, 2.75) is 32.2 Å². The van der Waals surface area contributed by atoms with Crippen LogP contribution < -0.4 is 9.64 Å². The Morgan fingerprint density at radius 2 is 2.29 bits per heavy atom. The highest BCUT2D eigenvalue weighted by atomic mass is 19.1. The van der Waals surface area contributed by atoms with Crippen LogP contribution in [0.4, 0.5) is 10.2 Å². The third-order valence-electron chi connectivity index (χ3n) is 5.04. The van der Waals surface area contributed by atoms with Crippen LogP contribution >= 0.6 is 0 Å². The van der Waals surface area contributed by atoms with Crippen molar-refractivity contribution in [1.29, 1.82) is 0 Å². The average molecular weight is 385 g/mol. The molecule has 0 spiro atoms. The minimum Gasteiger partial charge on any atom is -0.481 e. The van der Waals surface area contributed by atoms with Gasteiger partial charge < -0.3 is 14.7 Å². The summed E-state index contributed by atoms with van der Waals surface area (Å²) in [5.41, 5.74) is 1.57. The number of aromatic carboxylic acids is 1. The largest absolute Gasteiger partial charge is 0.481 e. The lowest BCUT2D eigenvalue weighted by Crippen LogP contribution is -2.24. The molecule has 146 valence electrons. The fraction of sp³-hybridized carbons (Fsp3) is 0.368. The second-order valence-electron chi connectivity index (χ2n) is 6.64. The number of hydrogen-bond acceptors (Lipinski definition) is 6. The standard InChI is InChI=1S/C19H20FN5O3/c1-3-13-16(19(26)27)17-22-15(6-8-25(17)23-13)24-7-4-5-14(24)12-9-11(20)10-21-18(12)28-2/h6,8-10,14H,3-5,7H2,1-2H3,(H,26,27). The van der Waals surface area contributed by atoms with E-state index in [0.29, 0.717) is 41.6 Å². The summed E-state index contributed by atoms with van der Waals surface area (Å²) in [6, 6.07) is 3.07. The van der Waals surface area contributed by atoms with Gasteiger partial charge in [-0.25, -0.2) is 23.7 Å². The van der Waals surface area contributed by atoms with Crippen molar-refractivity contribution in [3.8, 4) is 5.88 Å². The number of hydrogen-bond donors (Lipinski definition) is 1. The Bertz CT molecular complexity index is 1050. The van der Waals surface area contributed by atoms with Crippen LogP contribution in [-0.2, 0) is 6.42 Å². The number of methoxy groups -OCH3 is 1. The van der Waals surface area contributed by atoms with Crippen LogP contribution in [-0.4, -0.2) is 44.3 Å². The lowest BCUT2D eigenvalue weighted by molar-refractivity contribution is 0.0697. The van der Waals surface area contributed by atoms with Crippen molar-refractivity contribution in [1.82, 2.24) is 19.6 Å². The van der Waals surface area contributed by atoms with Crippen molar-refractivity contribution in [3.63, 3.8) is 0 Å². The van der Waals surface area contributed by atoms with Gasteiger partial charge in [0, 0.05) is 18.3 Å².